The number of halogens is 2. The first-order chi connectivity index (χ1) is 10.1. The van der Waals surface area contributed by atoms with Crippen LogP contribution in [0.3, 0.4) is 0 Å². The number of aromatic nitrogens is 3. The minimum absolute atomic E-state index is 0.0501. The number of pyridine rings is 1. The normalized spacial score (nSPS) is 12.7. The summed E-state index contributed by atoms with van der Waals surface area (Å²) in [5.41, 5.74) is 1.84. The van der Waals surface area contributed by atoms with Gasteiger partial charge in [0.05, 0.1) is 6.04 Å². The van der Waals surface area contributed by atoms with E-state index in [1.165, 1.54) is 0 Å². The van der Waals surface area contributed by atoms with Crippen LogP contribution < -0.4 is 5.32 Å². The summed E-state index contributed by atoms with van der Waals surface area (Å²) in [7, 11) is 0. The molecular formula is C15H14Cl2N4. The largest absolute Gasteiger partial charge is 0.303 e. The highest BCUT2D eigenvalue weighted by molar-refractivity contribution is 6.35. The number of hydrogen-bond donors (Lipinski definition) is 1. The van der Waals surface area contributed by atoms with Crippen LogP contribution in [0.4, 0.5) is 0 Å². The monoisotopic (exact) mass is 320 g/mol. The predicted molar refractivity (Wildman–Crippen MR) is 84.7 cm³/mol. The minimum atomic E-state index is 0.0501. The van der Waals surface area contributed by atoms with E-state index in [1.807, 2.05) is 47.9 Å². The van der Waals surface area contributed by atoms with Crippen molar-refractivity contribution >= 4 is 28.8 Å². The zero-order valence-electron chi connectivity index (χ0n) is 11.4. The van der Waals surface area contributed by atoms with Gasteiger partial charge in [-0.1, -0.05) is 35.3 Å². The number of nitrogens with zero attached hydrogens (tertiary/aromatic N) is 3. The van der Waals surface area contributed by atoms with Crippen LogP contribution in [0, 0.1) is 0 Å². The first-order valence-corrected chi connectivity index (χ1v) is 7.38. The smallest absolute Gasteiger partial charge is 0.160 e. The molecule has 2 aromatic heterocycles. The fourth-order valence-corrected chi connectivity index (χ4v) is 2.65. The van der Waals surface area contributed by atoms with Gasteiger partial charge in [0, 0.05) is 22.8 Å². The van der Waals surface area contributed by atoms with Crippen LogP contribution in [-0.4, -0.2) is 14.6 Å². The van der Waals surface area contributed by atoms with Crippen molar-refractivity contribution in [1.29, 1.82) is 0 Å². The molecule has 0 aliphatic heterocycles. The zero-order chi connectivity index (χ0) is 14.8. The van der Waals surface area contributed by atoms with Gasteiger partial charge in [-0.25, -0.2) is 0 Å². The van der Waals surface area contributed by atoms with E-state index in [1.54, 1.807) is 6.07 Å². The van der Waals surface area contributed by atoms with Crippen molar-refractivity contribution in [2.75, 3.05) is 0 Å². The molecule has 0 radical (unpaired) electrons. The number of fused-ring (bicyclic) bond motifs is 1. The Morgan fingerprint density at radius 3 is 2.86 bits per heavy atom. The van der Waals surface area contributed by atoms with Crippen LogP contribution in [0.1, 0.15) is 24.4 Å². The van der Waals surface area contributed by atoms with Crippen molar-refractivity contribution in [3.8, 4) is 0 Å². The molecule has 4 nitrogen and oxygen atoms in total. The molecule has 3 rings (SSSR count). The average molecular weight is 321 g/mol. The highest BCUT2D eigenvalue weighted by atomic mass is 35.5. The van der Waals surface area contributed by atoms with Crippen LogP contribution >= 0.6 is 23.2 Å². The van der Waals surface area contributed by atoms with Gasteiger partial charge >= 0.3 is 0 Å². The van der Waals surface area contributed by atoms with Crippen molar-refractivity contribution in [2.45, 2.75) is 19.5 Å². The van der Waals surface area contributed by atoms with E-state index < -0.39 is 0 Å². The van der Waals surface area contributed by atoms with E-state index in [9.17, 15) is 0 Å². The summed E-state index contributed by atoms with van der Waals surface area (Å²) in [5, 5.41) is 13.1. The Balaban J connectivity index is 1.76. The number of nitrogens with one attached hydrogen (secondary N) is 1. The number of benzene rings is 1. The maximum Gasteiger partial charge on any atom is 0.160 e. The van der Waals surface area contributed by atoms with Crippen LogP contribution in [0.15, 0.2) is 42.6 Å². The molecule has 0 spiro atoms. The highest BCUT2D eigenvalue weighted by Crippen LogP contribution is 2.21. The summed E-state index contributed by atoms with van der Waals surface area (Å²) >= 11 is 12.1. The van der Waals surface area contributed by atoms with Crippen LogP contribution in [0.25, 0.3) is 5.65 Å². The Labute approximate surface area is 132 Å². The SMILES string of the molecule is C[C@@H](NCc1ccc(Cl)cc1Cl)c1nnc2ccccn12. The van der Waals surface area contributed by atoms with E-state index >= 15 is 0 Å². The van der Waals surface area contributed by atoms with Crippen LogP contribution in [0.5, 0.6) is 0 Å². The van der Waals surface area contributed by atoms with Gasteiger partial charge in [-0.05, 0) is 36.8 Å². The molecule has 108 valence electrons. The molecule has 1 aromatic carbocycles. The second-order valence-corrected chi connectivity index (χ2v) is 5.67. The van der Waals surface area contributed by atoms with Crippen molar-refractivity contribution in [2.24, 2.45) is 0 Å². The second-order valence-electron chi connectivity index (χ2n) is 4.83. The Hall–Kier alpha value is -1.62. The molecule has 1 atom stereocenters. The number of hydrogen-bond acceptors (Lipinski definition) is 3. The second kappa shape index (κ2) is 6.02. The molecule has 0 bridgehead atoms. The van der Waals surface area contributed by atoms with Gasteiger partial charge in [-0.3, -0.25) is 4.40 Å². The van der Waals surface area contributed by atoms with Gasteiger partial charge in [0.15, 0.2) is 11.5 Å². The molecule has 0 unspecified atom stereocenters. The topological polar surface area (TPSA) is 42.2 Å². The zero-order valence-corrected chi connectivity index (χ0v) is 12.9. The standard InChI is InChI=1S/C15H14Cl2N4/c1-10(15-20-19-14-4-2-3-7-21(14)15)18-9-11-5-6-12(16)8-13(11)17/h2-8,10,18H,9H2,1H3/t10-/m1/s1. The van der Waals surface area contributed by atoms with Crippen molar-refractivity contribution < 1.29 is 0 Å². The maximum atomic E-state index is 6.18. The lowest BCUT2D eigenvalue weighted by atomic mass is 10.2. The quantitative estimate of drug-likeness (QED) is 0.793. The van der Waals surface area contributed by atoms with Crippen LogP contribution in [0.2, 0.25) is 10.0 Å². The molecule has 0 amide bonds. The van der Waals surface area contributed by atoms with Gasteiger partial charge in [0.2, 0.25) is 0 Å². The fraction of sp³-hybridized carbons (Fsp3) is 0.200. The predicted octanol–water partition coefficient (Wildman–Crippen LogP) is 3.89. The fourth-order valence-electron chi connectivity index (χ4n) is 2.17. The summed E-state index contributed by atoms with van der Waals surface area (Å²) in [6, 6.07) is 11.4. The van der Waals surface area contributed by atoms with Gasteiger partial charge in [-0.15, -0.1) is 10.2 Å². The van der Waals surface area contributed by atoms with Gasteiger partial charge in [0.1, 0.15) is 0 Å². The summed E-state index contributed by atoms with van der Waals surface area (Å²) < 4.78 is 1.97. The molecule has 21 heavy (non-hydrogen) atoms. The Kier molecular flexibility index (Phi) is 4.10. The third kappa shape index (κ3) is 3.02. The lowest BCUT2D eigenvalue weighted by Crippen LogP contribution is -2.20. The summed E-state index contributed by atoms with van der Waals surface area (Å²) in [6.45, 7) is 2.69. The van der Waals surface area contributed by atoms with Crippen LogP contribution in [-0.2, 0) is 6.54 Å². The van der Waals surface area contributed by atoms with Gasteiger partial charge in [-0.2, -0.15) is 0 Å². The summed E-state index contributed by atoms with van der Waals surface area (Å²) in [5.74, 6) is 0.871. The molecular weight excluding hydrogens is 307 g/mol. The van der Waals surface area contributed by atoms with Crippen molar-refractivity contribution in [1.82, 2.24) is 19.9 Å². The minimum Gasteiger partial charge on any atom is -0.303 e. The molecule has 1 N–H and O–H groups in total. The summed E-state index contributed by atoms with van der Waals surface area (Å²) in [4.78, 5) is 0. The van der Waals surface area contributed by atoms with E-state index in [2.05, 4.69) is 15.5 Å². The molecule has 0 aliphatic carbocycles. The van der Waals surface area contributed by atoms with E-state index in [4.69, 9.17) is 23.2 Å². The number of rotatable bonds is 4. The third-order valence-electron chi connectivity index (χ3n) is 3.34. The van der Waals surface area contributed by atoms with E-state index in [0.717, 1.165) is 17.0 Å². The third-order valence-corrected chi connectivity index (χ3v) is 3.93. The molecule has 2 heterocycles. The maximum absolute atomic E-state index is 6.18. The molecule has 6 heteroatoms. The lowest BCUT2D eigenvalue weighted by molar-refractivity contribution is 0.541. The van der Waals surface area contributed by atoms with Gasteiger partial charge < -0.3 is 5.32 Å². The first-order valence-electron chi connectivity index (χ1n) is 6.62. The van der Waals surface area contributed by atoms with E-state index in [-0.39, 0.29) is 6.04 Å². The first kappa shape index (κ1) is 14.3. The van der Waals surface area contributed by atoms with Crippen molar-refractivity contribution in [3.05, 3.63) is 64.0 Å². The summed E-state index contributed by atoms with van der Waals surface area (Å²) in [6.07, 6.45) is 1.96. The average Bonchev–Trinajstić information content (AvgIpc) is 2.90. The highest BCUT2D eigenvalue weighted by Gasteiger charge is 2.13. The Bertz CT molecular complexity index is 769. The Morgan fingerprint density at radius 1 is 1.19 bits per heavy atom. The molecule has 0 saturated carbocycles. The van der Waals surface area contributed by atoms with E-state index in [0.29, 0.717) is 16.6 Å². The molecule has 3 aromatic rings. The molecule has 0 fully saturated rings. The van der Waals surface area contributed by atoms with Crippen molar-refractivity contribution in [3.63, 3.8) is 0 Å². The lowest BCUT2D eigenvalue weighted by Gasteiger charge is -2.13. The molecule has 0 aliphatic rings. The molecule has 0 saturated heterocycles. The Morgan fingerprint density at radius 2 is 2.05 bits per heavy atom. The van der Waals surface area contributed by atoms with Gasteiger partial charge in [0.25, 0.3) is 0 Å².